The van der Waals surface area contributed by atoms with E-state index in [4.69, 9.17) is 0 Å². The molecule has 0 atom stereocenters. The van der Waals surface area contributed by atoms with E-state index in [1.54, 1.807) is 18.5 Å². The van der Waals surface area contributed by atoms with Gasteiger partial charge in [-0.25, -0.2) is 9.97 Å². The summed E-state index contributed by atoms with van der Waals surface area (Å²) in [5.41, 5.74) is 0. The van der Waals surface area contributed by atoms with E-state index in [2.05, 4.69) is 21.4 Å². The highest BCUT2D eigenvalue weighted by molar-refractivity contribution is 5.87. The number of amides is 1. The molecule has 1 aliphatic heterocycles. The summed E-state index contributed by atoms with van der Waals surface area (Å²) in [6.07, 6.45) is 5.77. The Balaban J connectivity index is 2.01. The molecule has 90 valence electrons. The Morgan fingerprint density at radius 3 is 2.71 bits per heavy atom. The molecular weight excluding hydrogens is 216 g/mol. The van der Waals surface area contributed by atoms with Crippen LogP contribution in [0.1, 0.15) is 6.42 Å². The molecule has 1 aromatic rings. The van der Waals surface area contributed by atoms with Crippen molar-refractivity contribution in [1.29, 1.82) is 0 Å². The quantitative estimate of drug-likeness (QED) is 0.704. The zero-order valence-electron chi connectivity index (χ0n) is 9.75. The van der Waals surface area contributed by atoms with Crippen molar-refractivity contribution in [2.75, 3.05) is 31.1 Å². The van der Waals surface area contributed by atoms with E-state index in [-0.39, 0.29) is 5.91 Å². The number of carbonyl (C=O) groups is 1. The monoisotopic (exact) mass is 232 g/mol. The average Bonchev–Trinajstić information content (AvgIpc) is 2.64. The number of aromatic nitrogens is 2. The second-order valence-corrected chi connectivity index (χ2v) is 3.92. The molecule has 1 amide bonds. The van der Waals surface area contributed by atoms with Gasteiger partial charge in [0.25, 0.3) is 0 Å². The van der Waals surface area contributed by atoms with Gasteiger partial charge in [0, 0.05) is 38.6 Å². The van der Waals surface area contributed by atoms with E-state index in [9.17, 15) is 4.79 Å². The normalized spacial score (nSPS) is 16.5. The fraction of sp³-hybridized carbons (Fsp3) is 0.417. The Morgan fingerprint density at radius 2 is 2.00 bits per heavy atom. The van der Waals surface area contributed by atoms with Gasteiger partial charge in [-0.15, -0.1) is 0 Å². The predicted molar refractivity (Wildman–Crippen MR) is 65.6 cm³/mol. The van der Waals surface area contributed by atoms with Crippen LogP contribution in [0.15, 0.2) is 31.1 Å². The third-order valence-electron chi connectivity index (χ3n) is 2.82. The number of carbonyl (C=O) groups excluding carboxylic acids is 1. The molecule has 17 heavy (non-hydrogen) atoms. The second kappa shape index (κ2) is 5.43. The molecule has 2 heterocycles. The molecule has 5 nitrogen and oxygen atoms in total. The van der Waals surface area contributed by atoms with Crippen LogP contribution in [0, 0.1) is 0 Å². The molecule has 0 aliphatic carbocycles. The molecule has 0 radical (unpaired) electrons. The van der Waals surface area contributed by atoms with E-state index in [1.807, 2.05) is 4.90 Å². The van der Waals surface area contributed by atoms with Crippen molar-refractivity contribution in [2.45, 2.75) is 6.42 Å². The van der Waals surface area contributed by atoms with Crippen molar-refractivity contribution < 1.29 is 4.79 Å². The van der Waals surface area contributed by atoms with Crippen LogP contribution in [-0.4, -0.2) is 47.0 Å². The SMILES string of the molecule is C=CC(=O)N1CCCN(c2ncccn2)CC1. The smallest absolute Gasteiger partial charge is 0.246 e. The van der Waals surface area contributed by atoms with Crippen LogP contribution in [-0.2, 0) is 4.79 Å². The number of anilines is 1. The Morgan fingerprint density at radius 1 is 1.24 bits per heavy atom. The minimum atomic E-state index is 0.000769. The summed E-state index contributed by atoms with van der Waals surface area (Å²) >= 11 is 0. The van der Waals surface area contributed by atoms with Crippen LogP contribution in [0.5, 0.6) is 0 Å². The van der Waals surface area contributed by atoms with E-state index < -0.39 is 0 Å². The second-order valence-electron chi connectivity index (χ2n) is 3.92. The summed E-state index contributed by atoms with van der Waals surface area (Å²) in [5.74, 6) is 0.737. The van der Waals surface area contributed by atoms with Crippen molar-refractivity contribution in [3.8, 4) is 0 Å². The number of rotatable bonds is 2. The molecule has 0 spiro atoms. The van der Waals surface area contributed by atoms with Gasteiger partial charge in [0.1, 0.15) is 0 Å². The lowest BCUT2D eigenvalue weighted by atomic mass is 10.4. The zero-order chi connectivity index (χ0) is 12.1. The lowest BCUT2D eigenvalue weighted by Gasteiger charge is -2.20. The lowest BCUT2D eigenvalue weighted by Crippen LogP contribution is -2.34. The van der Waals surface area contributed by atoms with Gasteiger partial charge < -0.3 is 9.80 Å². The summed E-state index contributed by atoms with van der Waals surface area (Å²) in [6.45, 7) is 6.63. The van der Waals surface area contributed by atoms with Crippen LogP contribution in [0.3, 0.4) is 0 Å². The van der Waals surface area contributed by atoms with Gasteiger partial charge >= 0.3 is 0 Å². The summed E-state index contributed by atoms with van der Waals surface area (Å²) < 4.78 is 0. The van der Waals surface area contributed by atoms with Gasteiger partial charge in [-0.1, -0.05) is 6.58 Å². The van der Waals surface area contributed by atoms with Gasteiger partial charge in [0.15, 0.2) is 0 Å². The maximum Gasteiger partial charge on any atom is 0.246 e. The third-order valence-corrected chi connectivity index (χ3v) is 2.82. The summed E-state index contributed by atoms with van der Waals surface area (Å²) in [5, 5.41) is 0. The summed E-state index contributed by atoms with van der Waals surface area (Å²) in [7, 11) is 0. The molecule has 2 rings (SSSR count). The van der Waals surface area contributed by atoms with Crippen molar-refractivity contribution in [1.82, 2.24) is 14.9 Å². The van der Waals surface area contributed by atoms with Gasteiger partial charge in [-0.3, -0.25) is 4.79 Å². The van der Waals surface area contributed by atoms with Crippen LogP contribution < -0.4 is 4.90 Å². The Bertz CT molecular complexity index is 393. The first-order valence-electron chi connectivity index (χ1n) is 5.74. The standard InChI is InChI=1S/C12H16N4O/c1-2-11(17)15-7-4-8-16(10-9-15)12-13-5-3-6-14-12/h2-3,5-6H,1,4,7-10H2. The van der Waals surface area contributed by atoms with E-state index in [0.717, 1.165) is 32.0 Å². The Labute approximate surface area is 101 Å². The van der Waals surface area contributed by atoms with Gasteiger partial charge in [0.05, 0.1) is 0 Å². The molecule has 0 bridgehead atoms. The van der Waals surface area contributed by atoms with E-state index in [1.165, 1.54) is 6.08 Å². The van der Waals surface area contributed by atoms with Crippen LogP contribution in [0.4, 0.5) is 5.95 Å². The van der Waals surface area contributed by atoms with Gasteiger partial charge in [0.2, 0.25) is 11.9 Å². The zero-order valence-corrected chi connectivity index (χ0v) is 9.75. The summed E-state index contributed by atoms with van der Waals surface area (Å²) in [6, 6.07) is 1.80. The number of hydrogen-bond donors (Lipinski definition) is 0. The molecule has 0 saturated carbocycles. The van der Waals surface area contributed by atoms with E-state index >= 15 is 0 Å². The number of hydrogen-bond acceptors (Lipinski definition) is 4. The predicted octanol–water partition coefficient (Wildman–Crippen LogP) is 0.701. The van der Waals surface area contributed by atoms with Crippen molar-refractivity contribution in [2.24, 2.45) is 0 Å². The minimum absolute atomic E-state index is 0.000769. The average molecular weight is 232 g/mol. The molecule has 0 aromatic carbocycles. The first kappa shape index (κ1) is 11.6. The Hall–Kier alpha value is -1.91. The van der Waals surface area contributed by atoms with Crippen LogP contribution in [0.2, 0.25) is 0 Å². The topological polar surface area (TPSA) is 49.3 Å². The highest BCUT2D eigenvalue weighted by Crippen LogP contribution is 2.10. The molecule has 0 unspecified atom stereocenters. The molecule has 1 fully saturated rings. The van der Waals surface area contributed by atoms with Crippen LogP contribution >= 0.6 is 0 Å². The highest BCUT2D eigenvalue weighted by Gasteiger charge is 2.18. The first-order chi connectivity index (χ1) is 8.31. The third kappa shape index (κ3) is 2.81. The number of nitrogens with zero attached hydrogens (tertiary/aromatic N) is 4. The van der Waals surface area contributed by atoms with Crippen molar-refractivity contribution in [3.63, 3.8) is 0 Å². The van der Waals surface area contributed by atoms with Crippen molar-refractivity contribution >= 4 is 11.9 Å². The maximum absolute atomic E-state index is 11.5. The fourth-order valence-corrected chi connectivity index (χ4v) is 1.92. The van der Waals surface area contributed by atoms with E-state index in [0.29, 0.717) is 6.54 Å². The summed E-state index contributed by atoms with van der Waals surface area (Å²) in [4.78, 5) is 23.9. The Kier molecular flexibility index (Phi) is 3.69. The molecule has 1 aliphatic rings. The van der Waals surface area contributed by atoms with Crippen LogP contribution in [0.25, 0.3) is 0 Å². The molecule has 0 N–H and O–H groups in total. The highest BCUT2D eigenvalue weighted by atomic mass is 16.2. The molecule has 5 heteroatoms. The molecular formula is C12H16N4O. The lowest BCUT2D eigenvalue weighted by molar-refractivity contribution is -0.125. The largest absolute Gasteiger partial charge is 0.339 e. The van der Waals surface area contributed by atoms with Gasteiger partial charge in [-0.2, -0.15) is 0 Å². The maximum atomic E-state index is 11.5. The first-order valence-corrected chi connectivity index (χ1v) is 5.74. The fourth-order valence-electron chi connectivity index (χ4n) is 1.92. The minimum Gasteiger partial charge on any atom is -0.339 e. The van der Waals surface area contributed by atoms with Gasteiger partial charge in [-0.05, 0) is 18.6 Å². The molecule has 1 aromatic heterocycles. The molecule has 1 saturated heterocycles. The van der Waals surface area contributed by atoms with Crippen molar-refractivity contribution in [3.05, 3.63) is 31.1 Å².